The minimum atomic E-state index is -0.869. The van der Waals surface area contributed by atoms with Gasteiger partial charge in [0.1, 0.15) is 11.3 Å². The summed E-state index contributed by atoms with van der Waals surface area (Å²) in [5, 5.41) is 2.65. The van der Waals surface area contributed by atoms with Gasteiger partial charge < -0.3 is 15.0 Å². The van der Waals surface area contributed by atoms with Gasteiger partial charge in [-0.15, -0.1) is 0 Å². The van der Waals surface area contributed by atoms with Crippen molar-refractivity contribution in [3.63, 3.8) is 0 Å². The highest BCUT2D eigenvalue weighted by Crippen LogP contribution is 2.31. The molecule has 2 heterocycles. The number of nitrogens with one attached hydrogen (secondary N) is 1. The number of ether oxygens (including phenoxy) is 1. The Hall–Kier alpha value is -2.57. The summed E-state index contributed by atoms with van der Waals surface area (Å²) in [6.07, 6.45) is 2.58. The average Bonchev–Trinajstić information content (AvgIpc) is 2.81. The Bertz CT molecular complexity index is 744. The lowest BCUT2D eigenvalue weighted by atomic mass is 10.0. The van der Waals surface area contributed by atoms with E-state index in [1.807, 2.05) is 18.2 Å². The number of imide groups is 1. The van der Waals surface area contributed by atoms with Crippen LogP contribution in [0, 0.1) is 0 Å². The monoisotopic (exact) mass is 359 g/mol. The molecule has 4 amide bonds. The molecule has 1 aromatic carbocycles. The van der Waals surface area contributed by atoms with E-state index in [4.69, 9.17) is 4.74 Å². The number of hydrogen-bond donors (Lipinski definition) is 1. The van der Waals surface area contributed by atoms with Crippen LogP contribution in [0.4, 0.5) is 10.5 Å². The van der Waals surface area contributed by atoms with Gasteiger partial charge in [-0.05, 0) is 56.9 Å². The number of carbonyl (C=O) groups is 3. The van der Waals surface area contributed by atoms with E-state index >= 15 is 0 Å². The van der Waals surface area contributed by atoms with Gasteiger partial charge in [0.2, 0.25) is 5.91 Å². The highest BCUT2D eigenvalue weighted by atomic mass is 16.5. The predicted octanol–water partition coefficient (Wildman–Crippen LogP) is 2.08. The van der Waals surface area contributed by atoms with E-state index in [2.05, 4.69) is 5.32 Å². The molecule has 7 heteroatoms. The van der Waals surface area contributed by atoms with Crippen molar-refractivity contribution in [1.82, 2.24) is 10.2 Å². The van der Waals surface area contributed by atoms with Crippen LogP contribution in [0.15, 0.2) is 18.2 Å². The Kier molecular flexibility index (Phi) is 4.89. The number of urea groups is 1. The third kappa shape index (κ3) is 3.38. The number of rotatable bonds is 5. The van der Waals surface area contributed by atoms with Gasteiger partial charge in [0.15, 0.2) is 0 Å². The zero-order chi connectivity index (χ0) is 18.9. The molecule has 7 nitrogen and oxygen atoms in total. The Morgan fingerprint density at radius 2 is 2.08 bits per heavy atom. The molecule has 140 valence electrons. The molecule has 0 aromatic heterocycles. The quantitative estimate of drug-likeness (QED) is 0.817. The molecule has 1 saturated heterocycles. The van der Waals surface area contributed by atoms with Gasteiger partial charge in [-0.2, -0.15) is 0 Å². The average molecular weight is 359 g/mol. The Balaban J connectivity index is 1.60. The van der Waals surface area contributed by atoms with Crippen molar-refractivity contribution in [1.29, 1.82) is 0 Å². The van der Waals surface area contributed by atoms with Crippen molar-refractivity contribution < 1.29 is 19.1 Å². The SMILES string of the molecule is COc1ccc2c(c1)CCCN2C(=O)CCCN1C(=O)NC(C)(C)C1=O. The maximum Gasteiger partial charge on any atom is 0.325 e. The molecule has 2 aliphatic rings. The number of amides is 4. The van der Waals surface area contributed by atoms with E-state index in [0.29, 0.717) is 19.4 Å². The van der Waals surface area contributed by atoms with Crippen LogP contribution in [0.2, 0.25) is 0 Å². The second-order valence-corrected chi connectivity index (χ2v) is 7.26. The zero-order valence-corrected chi connectivity index (χ0v) is 15.5. The Morgan fingerprint density at radius 3 is 2.73 bits per heavy atom. The molecule has 0 unspecified atom stereocenters. The number of aryl methyl sites for hydroxylation is 1. The minimum Gasteiger partial charge on any atom is -0.497 e. The first-order valence-electron chi connectivity index (χ1n) is 8.95. The first-order chi connectivity index (χ1) is 12.3. The fourth-order valence-electron chi connectivity index (χ4n) is 3.50. The third-order valence-electron chi connectivity index (χ3n) is 4.92. The molecule has 3 rings (SSSR count). The Morgan fingerprint density at radius 1 is 1.31 bits per heavy atom. The van der Waals surface area contributed by atoms with Crippen molar-refractivity contribution in [2.75, 3.05) is 25.1 Å². The Labute approximate surface area is 153 Å². The van der Waals surface area contributed by atoms with Gasteiger partial charge in [-0.25, -0.2) is 4.79 Å². The van der Waals surface area contributed by atoms with E-state index in [1.54, 1.807) is 25.9 Å². The zero-order valence-electron chi connectivity index (χ0n) is 15.5. The fraction of sp³-hybridized carbons (Fsp3) is 0.526. The van der Waals surface area contributed by atoms with E-state index in [9.17, 15) is 14.4 Å². The second-order valence-electron chi connectivity index (χ2n) is 7.26. The van der Waals surface area contributed by atoms with Gasteiger partial charge in [0, 0.05) is 25.2 Å². The first kappa shape index (κ1) is 18.2. The third-order valence-corrected chi connectivity index (χ3v) is 4.92. The first-order valence-corrected chi connectivity index (χ1v) is 8.95. The van der Waals surface area contributed by atoms with Crippen LogP contribution >= 0.6 is 0 Å². The molecule has 0 aliphatic carbocycles. The molecular formula is C19H25N3O4. The van der Waals surface area contributed by atoms with Crippen molar-refractivity contribution in [2.45, 2.75) is 45.1 Å². The van der Waals surface area contributed by atoms with E-state index in [-0.39, 0.29) is 24.4 Å². The lowest BCUT2D eigenvalue weighted by molar-refractivity contribution is -0.130. The van der Waals surface area contributed by atoms with Crippen LogP contribution in [0.1, 0.15) is 38.7 Å². The van der Waals surface area contributed by atoms with Crippen molar-refractivity contribution in [2.24, 2.45) is 0 Å². The van der Waals surface area contributed by atoms with Gasteiger partial charge >= 0.3 is 6.03 Å². The van der Waals surface area contributed by atoms with Crippen LogP contribution in [0.5, 0.6) is 5.75 Å². The second kappa shape index (κ2) is 6.97. The number of benzene rings is 1. The van der Waals surface area contributed by atoms with Crippen molar-refractivity contribution in [3.8, 4) is 5.75 Å². The van der Waals surface area contributed by atoms with Crippen LogP contribution in [0.3, 0.4) is 0 Å². The predicted molar refractivity (Wildman–Crippen MR) is 97.2 cm³/mol. The summed E-state index contributed by atoms with van der Waals surface area (Å²) in [7, 11) is 1.63. The molecule has 26 heavy (non-hydrogen) atoms. The topological polar surface area (TPSA) is 79.0 Å². The largest absolute Gasteiger partial charge is 0.497 e. The lowest BCUT2D eigenvalue weighted by Crippen LogP contribution is -2.40. The summed E-state index contributed by atoms with van der Waals surface area (Å²) in [4.78, 5) is 39.7. The smallest absolute Gasteiger partial charge is 0.325 e. The van der Waals surface area contributed by atoms with Gasteiger partial charge in [-0.1, -0.05) is 0 Å². The highest BCUT2D eigenvalue weighted by Gasteiger charge is 2.43. The van der Waals surface area contributed by atoms with E-state index in [0.717, 1.165) is 29.8 Å². The van der Waals surface area contributed by atoms with Crippen molar-refractivity contribution in [3.05, 3.63) is 23.8 Å². The minimum absolute atomic E-state index is 0.0161. The maximum absolute atomic E-state index is 12.7. The summed E-state index contributed by atoms with van der Waals surface area (Å²) in [5.41, 5.74) is 1.17. The summed E-state index contributed by atoms with van der Waals surface area (Å²) < 4.78 is 5.26. The molecule has 1 N–H and O–H groups in total. The summed E-state index contributed by atoms with van der Waals surface area (Å²) in [6, 6.07) is 5.37. The number of methoxy groups -OCH3 is 1. The number of anilines is 1. The standard InChI is InChI=1S/C19H25N3O4/c1-19(2)17(24)22(18(25)20-19)11-5-7-16(23)21-10-4-6-13-12-14(26-3)8-9-15(13)21/h8-9,12H,4-7,10-11H2,1-3H3,(H,20,25). The summed E-state index contributed by atoms with van der Waals surface area (Å²) in [5.74, 6) is 0.562. The molecule has 1 aromatic rings. The highest BCUT2D eigenvalue weighted by molar-refractivity contribution is 6.06. The summed E-state index contributed by atoms with van der Waals surface area (Å²) >= 11 is 0. The lowest BCUT2D eigenvalue weighted by Gasteiger charge is -2.30. The molecule has 0 spiro atoms. The van der Waals surface area contributed by atoms with E-state index < -0.39 is 5.54 Å². The number of hydrogen-bond acceptors (Lipinski definition) is 4. The fourth-order valence-corrected chi connectivity index (χ4v) is 3.50. The van der Waals surface area contributed by atoms with Gasteiger partial charge in [0.25, 0.3) is 5.91 Å². The molecule has 0 radical (unpaired) electrons. The van der Waals surface area contributed by atoms with Crippen LogP contribution in [-0.2, 0) is 16.0 Å². The number of nitrogens with zero attached hydrogens (tertiary/aromatic N) is 2. The van der Waals surface area contributed by atoms with Crippen LogP contribution in [0.25, 0.3) is 0 Å². The number of fused-ring (bicyclic) bond motifs is 1. The molecular weight excluding hydrogens is 334 g/mol. The van der Waals surface area contributed by atoms with Crippen LogP contribution in [-0.4, -0.2) is 48.5 Å². The normalized spacial score (nSPS) is 18.6. The summed E-state index contributed by atoms with van der Waals surface area (Å²) in [6.45, 7) is 4.30. The van der Waals surface area contributed by atoms with Gasteiger partial charge in [-0.3, -0.25) is 14.5 Å². The van der Waals surface area contributed by atoms with Crippen molar-refractivity contribution >= 4 is 23.5 Å². The molecule has 2 aliphatic heterocycles. The maximum atomic E-state index is 12.7. The molecule has 0 saturated carbocycles. The number of carbonyl (C=O) groups excluding carboxylic acids is 3. The molecule has 0 atom stereocenters. The van der Waals surface area contributed by atoms with Gasteiger partial charge in [0.05, 0.1) is 7.11 Å². The molecule has 0 bridgehead atoms. The molecule has 1 fully saturated rings. The van der Waals surface area contributed by atoms with Crippen LogP contribution < -0.4 is 15.0 Å². The van der Waals surface area contributed by atoms with E-state index in [1.165, 1.54) is 4.90 Å².